The van der Waals surface area contributed by atoms with Crippen molar-refractivity contribution in [3.63, 3.8) is 0 Å². The molecule has 0 aromatic heterocycles. The number of nitriles is 1. The fraction of sp³-hybridized carbons (Fsp3) is 0.524. The number of alkyl halides is 3. The molecule has 4 fully saturated rings. The Balaban J connectivity index is 1.56. The van der Waals surface area contributed by atoms with Gasteiger partial charge in [0.2, 0.25) is 0 Å². The van der Waals surface area contributed by atoms with Crippen LogP contribution in [-0.2, 0) is 11.0 Å². The zero-order valence-corrected chi connectivity index (χ0v) is 15.2. The van der Waals surface area contributed by atoms with Gasteiger partial charge in [0, 0.05) is 11.1 Å². The van der Waals surface area contributed by atoms with Gasteiger partial charge in [0.1, 0.15) is 11.8 Å². The molecule has 7 heteroatoms. The lowest BCUT2D eigenvalue weighted by atomic mass is 9.49. The third-order valence-corrected chi connectivity index (χ3v) is 6.59. The fourth-order valence-corrected chi connectivity index (χ4v) is 5.81. The Hall–Kier alpha value is -2.49. The van der Waals surface area contributed by atoms with Gasteiger partial charge in [0.15, 0.2) is 5.57 Å². The number of nitrogens with one attached hydrogen (secondary N) is 1. The molecule has 1 aromatic rings. The van der Waals surface area contributed by atoms with Crippen molar-refractivity contribution in [1.29, 1.82) is 5.26 Å². The van der Waals surface area contributed by atoms with Crippen molar-refractivity contribution >= 4 is 11.6 Å². The summed E-state index contributed by atoms with van der Waals surface area (Å²) in [6.07, 6.45) is 1.40. The molecule has 0 radical (unpaired) electrons. The van der Waals surface area contributed by atoms with Gasteiger partial charge in [-0.1, -0.05) is 0 Å². The number of aliphatic hydroxyl groups excluding tert-OH is 1. The molecule has 0 aliphatic heterocycles. The van der Waals surface area contributed by atoms with Crippen LogP contribution in [0.5, 0.6) is 0 Å². The summed E-state index contributed by atoms with van der Waals surface area (Å²) in [7, 11) is 0. The number of anilines is 1. The topological polar surface area (TPSA) is 73.1 Å². The first-order valence-corrected chi connectivity index (χ1v) is 9.52. The zero-order valence-electron chi connectivity index (χ0n) is 15.2. The molecule has 4 bridgehead atoms. The van der Waals surface area contributed by atoms with Gasteiger partial charge in [-0.2, -0.15) is 18.4 Å². The summed E-state index contributed by atoms with van der Waals surface area (Å²) in [6.45, 7) is 0. The van der Waals surface area contributed by atoms with Crippen molar-refractivity contribution in [2.45, 2.75) is 44.7 Å². The highest BCUT2D eigenvalue weighted by Gasteiger charge is 2.54. The van der Waals surface area contributed by atoms with Crippen LogP contribution in [0.1, 0.15) is 44.1 Å². The van der Waals surface area contributed by atoms with Crippen molar-refractivity contribution in [2.24, 2.45) is 23.2 Å². The highest BCUT2D eigenvalue weighted by atomic mass is 19.4. The van der Waals surface area contributed by atoms with E-state index < -0.39 is 23.1 Å². The molecule has 2 N–H and O–H groups in total. The number of hydrogen-bond acceptors (Lipinski definition) is 3. The van der Waals surface area contributed by atoms with Gasteiger partial charge in [0.05, 0.1) is 5.56 Å². The standard InChI is InChI=1S/C21H21F3N2O2/c22-21(23,24)15-1-3-16(4-2-15)26-19(28)17(11-25)18(27)20-8-12-5-13(9-20)7-14(6-12)10-20/h1-4,12-14,27H,5-10H2,(H,26,28). The molecule has 5 rings (SSSR count). The van der Waals surface area contributed by atoms with E-state index in [1.54, 1.807) is 0 Å². The normalized spacial score (nSPS) is 31.9. The molecular formula is C21H21F3N2O2. The van der Waals surface area contributed by atoms with Gasteiger partial charge >= 0.3 is 6.18 Å². The number of carbonyl (C=O) groups excluding carboxylic acids is 1. The number of carbonyl (C=O) groups is 1. The van der Waals surface area contributed by atoms with Crippen molar-refractivity contribution in [3.8, 4) is 6.07 Å². The maximum absolute atomic E-state index is 12.7. The second kappa shape index (κ2) is 6.54. The number of aliphatic hydroxyl groups is 1. The highest BCUT2D eigenvalue weighted by molar-refractivity contribution is 6.07. The van der Waals surface area contributed by atoms with Crippen LogP contribution in [-0.4, -0.2) is 11.0 Å². The monoisotopic (exact) mass is 390 g/mol. The lowest BCUT2D eigenvalue weighted by Crippen LogP contribution is -2.47. The summed E-state index contributed by atoms with van der Waals surface area (Å²) in [5.41, 5.74) is -1.51. The Morgan fingerprint density at radius 1 is 1.07 bits per heavy atom. The molecule has 0 heterocycles. The number of hydrogen-bond donors (Lipinski definition) is 2. The summed E-state index contributed by atoms with van der Waals surface area (Å²) >= 11 is 0. The van der Waals surface area contributed by atoms with Gasteiger partial charge < -0.3 is 10.4 Å². The van der Waals surface area contributed by atoms with Crippen LogP contribution in [0.3, 0.4) is 0 Å². The molecular weight excluding hydrogens is 369 g/mol. The van der Waals surface area contributed by atoms with Gasteiger partial charge in [-0.15, -0.1) is 0 Å². The second-order valence-corrected chi connectivity index (χ2v) is 8.56. The molecule has 0 atom stereocenters. The molecule has 1 amide bonds. The lowest BCUT2D eigenvalue weighted by Gasteiger charge is -2.56. The fourth-order valence-electron chi connectivity index (χ4n) is 5.81. The van der Waals surface area contributed by atoms with Crippen LogP contribution in [0.25, 0.3) is 0 Å². The smallest absolute Gasteiger partial charge is 0.416 e. The SMILES string of the molecule is N#CC(C(=O)Nc1ccc(C(F)(F)F)cc1)=C(O)C12CC3CC(CC(C3)C1)C2. The van der Waals surface area contributed by atoms with E-state index in [0.717, 1.165) is 62.8 Å². The summed E-state index contributed by atoms with van der Waals surface area (Å²) in [5.74, 6) is 0.679. The first-order chi connectivity index (χ1) is 13.2. The average Bonchev–Trinajstić information content (AvgIpc) is 2.60. The predicted molar refractivity (Wildman–Crippen MR) is 95.9 cm³/mol. The number of rotatable bonds is 3. The summed E-state index contributed by atoms with van der Waals surface area (Å²) in [5, 5.41) is 22.9. The number of halogens is 3. The van der Waals surface area contributed by atoms with E-state index >= 15 is 0 Å². The van der Waals surface area contributed by atoms with E-state index in [9.17, 15) is 28.3 Å². The number of benzene rings is 1. The molecule has 4 nitrogen and oxygen atoms in total. The quantitative estimate of drug-likeness (QED) is 0.423. The van der Waals surface area contributed by atoms with Gasteiger partial charge in [0.25, 0.3) is 5.91 Å². The number of nitrogens with zero attached hydrogens (tertiary/aromatic N) is 1. The molecule has 4 saturated carbocycles. The number of amides is 1. The van der Waals surface area contributed by atoms with E-state index in [4.69, 9.17) is 0 Å². The van der Waals surface area contributed by atoms with E-state index in [0.29, 0.717) is 17.8 Å². The highest BCUT2D eigenvalue weighted by Crippen LogP contribution is 2.62. The van der Waals surface area contributed by atoms with Gasteiger partial charge in [-0.3, -0.25) is 4.79 Å². The summed E-state index contributed by atoms with van der Waals surface area (Å²) < 4.78 is 38.0. The van der Waals surface area contributed by atoms with Crippen LogP contribution in [0.2, 0.25) is 0 Å². The second-order valence-electron chi connectivity index (χ2n) is 8.56. The Kier molecular flexibility index (Phi) is 4.40. The van der Waals surface area contributed by atoms with Crippen LogP contribution >= 0.6 is 0 Å². The Morgan fingerprint density at radius 3 is 2.00 bits per heavy atom. The predicted octanol–water partition coefficient (Wildman–Crippen LogP) is 5.20. The summed E-state index contributed by atoms with van der Waals surface area (Å²) in [6, 6.07) is 5.82. The summed E-state index contributed by atoms with van der Waals surface area (Å²) in [4.78, 5) is 12.6. The van der Waals surface area contributed by atoms with Crippen LogP contribution < -0.4 is 5.32 Å². The minimum atomic E-state index is -4.46. The molecule has 4 aliphatic rings. The minimum Gasteiger partial charge on any atom is -0.510 e. The van der Waals surface area contributed by atoms with Crippen LogP contribution in [0.4, 0.5) is 18.9 Å². The molecule has 0 saturated heterocycles. The molecule has 148 valence electrons. The first kappa shape index (κ1) is 18.9. The first-order valence-electron chi connectivity index (χ1n) is 9.52. The minimum absolute atomic E-state index is 0.140. The Bertz CT molecular complexity index is 830. The van der Waals surface area contributed by atoms with Crippen molar-refractivity contribution in [2.75, 3.05) is 5.32 Å². The molecule has 0 unspecified atom stereocenters. The van der Waals surface area contributed by atoms with Crippen molar-refractivity contribution in [1.82, 2.24) is 0 Å². The Labute approximate surface area is 161 Å². The van der Waals surface area contributed by atoms with E-state index in [1.807, 2.05) is 6.07 Å². The third-order valence-electron chi connectivity index (χ3n) is 6.59. The van der Waals surface area contributed by atoms with E-state index in [1.165, 1.54) is 0 Å². The van der Waals surface area contributed by atoms with Crippen LogP contribution in [0, 0.1) is 34.5 Å². The zero-order chi connectivity index (χ0) is 20.1. The molecule has 4 aliphatic carbocycles. The van der Waals surface area contributed by atoms with E-state index in [-0.39, 0.29) is 17.0 Å². The molecule has 28 heavy (non-hydrogen) atoms. The maximum atomic E-state index is 12.7. The van der Waals surface area contributed by atoms with Crippen molar-refractivity contribution < 1.29 is 23.1 Å². The van der Waals surface area contributed by atoms with Crippen molar-refractivity contribution in [3.05, 3.63) is 41.2 Å². The molecule has 0 spiro atoms. The maximum Gasteiger partial charge on any atom is 0.416 e. The number of allylic oxidation sites excluding steroid dienone is 1. The van der Waals surface area contributed by atoms with Crippen LogP contribution in [0.15, 0.2) is 35.6 Å². The average molecular weight is 390 g/mol. The lowest BCUT2D eigenvalue weighted by molar-refractivity contribution is -0.137. The third kappa shape index (κ3) is 3.25. The molecule has 1 aromatic carbocycles. The van der Waals surface area contributed by atoms with Gasteiger partial charge in [-0.05, 0) is 80.5 Å². The Morgan fingerprint density at radius 2 is 1.57 bits per heavy atom. The van der Waals surface area contributed by atoms with Gasteiger partial charge in [-0.25, -0.2) is 0 Å². The van der Waals surface area contributed by atoms with E-state index in [2.05, 4.69) is 5.32 Å². The largest absolute Gasteiger partial charge is 0.510 e.